The molecule has 3 aromatic heterocycles. The predicted octanol–water partition coefficient (Wildman–Crippen LogP) is 1.05. The summed E-state index contributed by atoms with van der Waals surface area (Å²) >= 11 is 0. The summed E-state index contributed by atoms with van der Waals surface area (Å²) in [4.78, 5) is 30.0. The maximum Gasteiger partial charge on any atom is 0.343 e. The molecule has 3 N–H and O–H groups in total. The smallest absolute Gasteiger partial charge is 0.343 e. The number of aromatic amines is 1. The van der Waals surface area contributed by atoms with Gasteiger partial charge in [0.2, 0.25) is 5.91 Å². The molecule has 0 radical (unpaired) electrons. The summed E-state index contributed by atoms with van der Waals surface area (Å²) < 4.78 is 16.7. The lowest BCUT2D eigenvalue weighted by Gasteiger charge is -2.04. The van der Waals surface area contributed by atoms with Gasteiger partial charge in [0.05, 0.1) is 18.5 Å². The molecule has 0 atom stereocenters. The molecule has 0 saturated carbocycles. The molecule has 0 bridgehead atoms. The normalized spacial score (nSPS) is 11.2. The minimum atomic E-state index is -0.528. The van der Waals surface area contributed by atoms with Gasteiger partial charge in [-0.3, -0.25) is 9.78 Å². The van der Waals surface area contributed by atoms with Crippen molar-refractivity contribution in [2.75, 3.05) is 0 Å². The number of halogens is 1. The van der Waals surface area contributed by atoms with E-state index in [1.54, 1.807) is 41.2 Å². The fourth-order valence-electron chi connectivity index (χ4n) is 2.91. The van der Waals surface area contributed by atoms with Crippen molar-refractivity contribution in [3.05, 3.63) is 64.5 Å². The molecular weight excluding hydrogens is 365 g/mol. The van der Waals surface area contributed by atoms with Crippen molar-refractivity contribution in [1.29, 1.82) is 0 Å². The minimum absolute atomic E-state index is 0.00573. The Morgan fingerprint density at radius 1 is 1.14 bits per heavy atom. The van der Waals surface area contributed by atoms with Gasteiger partial charge in [0.25, 0.3) is 0 Å². The molecule has 10 heteroatoms. The molecule has 0 saturated heterocycles. The highest BCUT2D eigenvalue weighted by atomic mass is 19.1. The first-order chi connectivity index (χ1) is 13.5. The average Bonchev–Trinajstić information content (AvgIpc) is 3.23. The number of rotatable bonds is 6. The van der Waals surface area contributed by atoms with Crippen molar-refractivity contribution in [3.63, 3.8) is 0 Å². The largest absolute Gasteiger partial charge is 0.370 e. The first-order valence-electron chi connectivity index (χ1n) is 8.53. The molecule has 28 heavy (non-hydrogen) atoms. The first kappa shape index (κ1) is 17.6. The third-order valence-corrected chi connectivity index (χ3v) is 4.26. The molecule has 0 fully saturated rings. The van der Waals surface area contributed by atoms with Crippen LogP contribution < -0.4 is 11.4 Å². The summed E-state index contributed by atoms with van der Waals surface area (Å²) in [5.74, 6) is -0.632. The molecule has 0 aliphatic rings. The Morgan fingerprint density at radius 2 is 1.96 bits per heavy atom. The Kier molecular flexibility index (Phi) is 4.44. The highest BCUT2D eigenvalue weighted by molar-refractivity contribution is 5.89. The standard InChI is InChI=1S/C18H16FN7O2/c19-13-6-2-1-4-11(13)10-26-17-12(5-3-8-21-17)15(23-26)16-22-18(28)25(24-16)9-7-14(20)27/h1-6,8H,7,9-10H2,(H2,20,27)(H,22,24,28). The average molecular weight is 381 g/mol. The Labute approximate surface area is 157 Å². The molecular formula is C18H16FN7O2. The summed E-state index contributed by atoms with van der Waals surface area (Å²) in [6.45, 7) is 0.240. The van der Waals surface area contributed by atoms with E-state index in [2.05, 4.69) is 20.2 Å². The lowest BCUT2D eigenvalue weighted by molar-refractivity contribution is -0.118. The van der Waals surface area contributed by atoms with Crippen LogP contribution in [0.3, 0.4) is 0 Å². The monoisotopic (exact) mass is 381 g/mol. The van der Waals surface area contributed by atoms with Crippen molar-refractivity contribution in [3.8, 4) is 11.5 Å². The van der Waals surface area contributed by atoms with E-state index < -0.39 is 11.6 Å². The lowest BCUT2D eigenvalue weighted by Crippen LogP contribution is -2.22. The van der Waals surface area contributed by atoms with Crippen LogP contribution in [0.4, 0.5) is 4.39 Å². The van der Waals surface area contributed by atoms with Gasteiger partial charge in [-0.05, 0) is 18.2 Å². The molecule has 142 valence electrons. The second-order valence-electron chi connectivity index (χ2n) is 6.19. The quantitative estimate of drug-likeness (QED) is 0.516. The summed E-state index contributed by atoms with van der Waals surface area (Å²) in [5.41, 5.74) is 6.06. The van der Waals surface area contributed by atoms with Crippen LogP contribution in [-0.2, 0) is 17.9 Å². The van der Waals surface area contributed by atoms with Crippen molar-refractivity contribution < 1.29 is 9.18 Å². The van der Waals surface area contributed by atoms with Crippen LogP contribution in [-0.4, -0.2) is 35.4 Å². The number of nitrogens with two attached hydrogens (primary N) is 1. The van der Waals surface area contributed by atoms with E-state index >= 15 is 0 Å². The number of aryl methyl sites for hydroxylation is 1. The number of hydrogen-bond donors (Lipinski definition) is 2. The number of amides is 1. The highest BCUT2D eigenvalue weighted by Gasteiger charge is 2.18. The van der Waals surface area contributed by atoms with Crippen LogP contribution >= 0.6 is 0 Å². The lowest BCUT2D eigenvalue weighted by atomic mass is 10.2. The Bertz CT molecular complexity index is 1220. The third kappa shape index (κ3) is 3.27. The van der Waals surface area contributed by atoms with Gasteiger partial charge in [0, 0.05) is 18.2 Å². The molecule has 1 amide bonds. The molecule has 0 aliphatic heterocycles. The van der Waals surface area contributed by atoms with E-state index in [0.29, 0.717) is 22.3 Å². The molecule has 4 aromatic rings. The van der Waals surface area contributed by atoms with E-state index in [9.17, 15) is 14.0 Å². The maximum atomic E-state index is 14.0. The zero-order chi connectivity index (χ0) is 19.7. The first-order valence-corrected chi connectivity index (χ1v) is 8.53. The number of H-pyrrole nitrogens is 1. The minimum Gasteiger partial charge on any atom is -0.370 e. The van der Waals surface area contributed by atoms with Gasteiger partial charge in [0.1, 0.15) is 11.5 Å². The number of fused-ring (bicyclic) bond motifs is 1. The van der Waals surface area contributed by atoms with E-state index in [1.807, 2.05) is 0 Å². The maximum absolute atomic E-state index is 14.0. The van der Waals surface area contributed by atoms with Crippen LogP contribution in [0.25, 0.3) is 22.6 Å². The molecule has 9 nitrogen and oxygen atoms in total. The van der Waals surface area contributed by atoms with E-state index in [0.717, 1.165) is 4.68 Å². The van der Waals surface area contributed by atoms with Crippen molar-refractivity contribution in [1.82, 2.24) is 29.5 Å². The zero-order valence-electron chi connectivity index (χ0n) is 14.7. The molecule has 3 heterocycles. The summed E-state index contributed by atoms with van der Waals surface area (Å²) in [5, 5.41) is 9.36. The highest BCUT2D eigenvalue weighted by Crippen LogP contribution is 2.24. The van der Waals surface area contributed by atoms with Gasteiger partial charge in [-0.1, -0.05) is 18.2 Å². The number of carbonyl (C=O) groups is 1. The Hall–Kier alpha value is -3.82. The van der Waals surface area contributed by atoms with E-state index in [4.69, 9.17) is 5.73 Å². The number of pyridine rings is 1. The van der Waals surface area contributed by atoms with Crippen LogP contribution in [0, 0.1) is 5.82 Å². The second kappa shape index (κ2) is 7.06. The molecule has 0 spiro atoms. The van der Waals surface area contributed by atoms with Crippen molar-refractivity contribution in [2.45, 2.75) is 19.5 Å². The molecule has 4 rings (SSSR count). The van der Waals surface area contributed by atoms with Crippen LogP contribution in [0.2, 0.25) is 0 Å². The SMILES string of the molecule is NC(=O)CCn1nc(-c2nn(Cc3ccccc3F)c3ncccc23)[nH]c1=O. The summed E-state index contributed by atoms with van der Waals surface area (Å²) in [7, 11) is 0. The molecule has 0 aliphatic carbocycles. The molecule has 0 unspecified atom stereocenters. The van der Waals surface area contributed by atoms with Crippen molar-refractivity contribution >= 4 is 16.9 Å². The summed E-state index contributed by atoms with van der Waals surface area (Å²) in [6.07, 6.45) is 1.61. The topological polar surface area (TPSA) is 124 Å². The Morgan fingerprint density at radius 3 is 2.75 bits per heavy atom. The van der Waals surface area contributed by atoms with Gasteiger partial charge in [-0.25, -0.2) is 23.5 Å². The van der Waals surface area contributed by atoms with E-state index in [1.165, 1.54) is 6.07 Å². The second-order valence-corrected chi connectivity index (χ2v) is 6.19. The number of hydrogen-bond acceptors (Lipinski definition) is 5. The van der Waals surface area contributed by atoms with Gasteiger partial charge >= 0.3 is 5.69 Å². The number of carbonyl (C=O) groups excluding carboxylic acids is 1. The van der Waals surface area contributed by atoms with Gasteiger partial charge in [-0.15, -0.1) is 5.10 Å². The summed E-state index contributed by atoms with van der Waals surface area (Å²) in [6, 6.07) is 9.95. The Balaban J connectivity index is 1.77. The van der Waals surface area contributed by atoms with Gasteiger partial charge in [-0.2, -0.15) is 5.10 Å². The van der Waals surface area contributed by atoms with Crippen molar-refractivity contribution in [2.24, 2.45) is 5.73 Å². The fraction of sp³-hybridized carbons (Fsp3) is 0.167. The fourth-order valence-corrected chi connectivity index (χ4v) is 2.91. The van der Waals surface area contributed by atoms with Crippen LogP contribution in [0.15, 0.2) is 47.4 Å². The van der Waals surface area contributed by atoms with Gasteiger partial charge < -0.3 is 5.73 Å². The van der Waals surface area contributed by atoms with Crippen LogP contribution in [0.5, 0.6) is 0 Å². The number of primary amides is 1. The molecule has 1 aromatic carbocycles. The number of nitrogens with zero attached hydrogens (tertiary/aromatic N) is 5. The number of benzene rings is 1. The van der Waals surface area contributed by atoms with Crippen LogP contribution in [0.1, 0.15) is 12.0 Å². The zero-order valence-corrected chi connectivity index (χ0v) is 14.7. The van der Waals surface area contributed by atoms with Gasteiger partial charge in [0.15, 0.2) is 11.5 Å². The number of aromatic nitrogens is 6. The predicted molar refractivity (Wildman–Crippen MR) is 98.7 cm³/mol. The van der Waals surface area contributed by atoms with E-state index in [-0.39, 0.29) is 31.2 Å². The number of nitrogens with one attached hydrogen (secondary N) is 1. The third-order valence-electron chi connectivity index (χ3n) is 4.26.